The number of rotatable bonds is 5. The fourth-order valence-electron chi connectivity index (χ4n) is 1.60. The minimum absolute atomic E-state index is 0.102. The van der Waals surface area contributed by atoms with Gasteiger partial charge in [0.25, 0.3) is 0 Å². The van der Waals surface area contributed by atoms with E-state index in [1.807, 2.05) is 0 Å². The molecule has 0 bridgehead atoms. The molecule has 0 spiro atoms. The van der Waals surface area contributed by atoms with Crippen LogP contribution in [-0.2, 0) is 9.59 Å². The van der Waals surface area contributed by atoms with Crippen LogP contribution >= 0.6 is 0 Å². The molecule has 0 saturated carbocycles. The van der Waals surface area contributed by atoms with Crippen molar-refractivity contribution >= 4 is 11.9 Å². The molecule has 1 atom stereocenters. The molecule has 0 aliphatic rings. The summed E-state index contributed by atoms with van der Waals surface area (Å²) in [6.07, 6.45) is -0.0690. The van der Waals surface area contributed by atoms with Crippen LogP contribution in [0.3, 0.4) is 0 Å². The van der Waals surface area contributed by atoms with Crippen LogP contribution in [0.1, 0.15) is 19.8 Å². The van der Waals surface area contributed by atoms with E-state index in [-0.39, 0.29) is 17.3 Å². The lowest BCUT2D eigenvalue weighted by Gasteiger charge is -2.41. The second-order valence-corrected chi connectivity index (χ2v) is 4.27. The van der Waals surface area contributed by atoms with Gasteiger partial charge in [-0.25, -0.2) is 4.79 Å². The van der Waals surface area contributed by atoms with E-state index >= 15 is 0 Å². The Bertz CT molecular complexity index is 244. The first-order chi connectivity index (χ1) is 6.17. The standard InChI is InChI=1S/C9H17NO4/c1-5-9(8(13)14,6-7(11)12)10(2,3)4/h5-6H2,1-4H3,(H-,11,12,13,14)/p+1. The number of quaternary nitrogens is 1. The average Bonchev–Trinajstić information content (AvgIpc) is 1.96. The Morgan fingerprint density at radius 3 is 1.71 bits per heavy atom. The largest absolute Gasteiger partial charge is 0.481 e. The second kappa shape index (κ2) is 3.96. The molecule has 0 aromatic rings. The highest BCUT2D eigenvalue weighted by molar-refractivity contribution is 5.83. The molecular weight excluding hydrogens is 186 g/mol. The summed E-state index contributed by atoms with van der Waals surface area (Å²) >= 11 is 0. The Kier molecular flexibility index (Phi) is 3.65. The van der Waals surface area contributed by atoms with E-state index in [0.29, 0.717) is 0 Å². The molecule has 1 unspecified atom stereocenters. The lowest BCUT2D eigenvalue weighted by molar-refractivity contribution is -0.913. The zero-order chi connectivity index (χ0) is 11.6. The highest BCUT2D eigenvalue weighted by atomic mass is 16.4. The van der Waals surface area contributed by atoms with Gasteiger partial charge in [0, 0.05) is 6.42 Å². The Balaban J connectivity index is 5.20. The predicted molar refractivity (Wildman–Crippen MR) is 50.9 cm³/mol. The molecule has 0 aliphatic carbocycles. The van der Waals surface area contributed by atoms with E-state index in [4.69, 9.17) is 10.2 Å². The molecule has 0 amide bonds. The Hall–Kier alpha value is -1.10. The first-order valence-electron chi connectivity index (χ1n) is 4.44. The maximum atomic E-state index is 11.2. The number of carbonyl (C=O) groups is 2. The van der Waals surface area contributed by atoms with Gasteiger partial charge in [-0.2, -0.15) is 0 Å². The normalized spacial score (nSPS) is 16.0. The van der Waals surface area contributed by atoms with Crippen molar-refractivity contribution in [3.8, 4) is 0 Å². The van der Waals surface area contributed by atoms with Gasteiger partial charge in [-0.1, -0.05) is 6.92 Å². The lowest BCUT2D eigenvalue weighted by Crippen LogP contribution is -2.62. The lowest BCUT2D eigenvalue weighted by atomic mass is 9.88. The van der Waals surface area contributed by atoms with Crippen LogP contribution < -0.4 is 0 Å². The topological polar surface area (TPSA) is 74.6 Å². The van der Waals surface area contributed by atoms with Gasteiger partial charge in [-0.05, 0) is 0 Å². The van der Waals surface area contributed by atoms with E-state index < -0.39 is 17.5 Å². The van der Waals surface area contributed by atoms with Gasteiger partial charge in [0.1, 0.15) is 6.42 Å². The molecule has 0 saturated heterocycles. The summed E-state index contributed by atoms with van der Waals surface area (Å²) in [7, 11) is 5.08. The minimum atomic E-state index is -1.24. The molecule has 0 aliphatic heterocycles. The van der Waals surface area contributed by atoms with Crippen molar-refractivity contribution in [2.24, 2.45) is 0 Å². The third kappa shape index (κ3) is 2.23. The molecule has 0 aromatic carbocycles. The summed E-state index contributed by atoms with van der Waals surface area (Å²) in [5.41, 5.74) is -1.24. The molecule has 14 heavy (non-hydrogen) atoms. The van der Waals surface area contributed by atoms with Crippen LogP contribution in [0.2, 0.25) is 0 Å². The van der Waals surface area contributed by atoms with Gasteiger partial charge < -0.3 is 14.7 Å². The van der Waals surface area contributed by atoms with E-state index in [0.717, 1.165) is 0 Å². The fourth-order valence-corrected chi connectivity index (χ4v) is 1.60. The molecule has 0 heterocycles. The van der Waals surface area contributed by atoms with Crippen LogP contribution in [0.25, 0.3) is 0 Å². The highest BCUT2D eigenvalue weighted by Gasteiger charge is 2.50. The number of nitrogens with zero attached hydrogens (tertiary/aromatic N) is 1. The molecular formula is C9H18NO4+. The summed E-state index contributed by atoms with van der Waals surface area (Å²) in [5.74, 6) is -2.14. The third-order valence-electron chi connectivity index (χ3n) is 2.71. The van der Waals surface area contributed by atoms with Gasteiger partial charge in [0.15, 0.2) is 0 Å². The third-order valence-corrected chi connectivity index (χ3v) is 2.71. The summed E-state index contributed by atoms with van der Waals surface area (Å²) in [4.78, 5) is 21.8. The number of hydrogen-bond acceptors (Lipinski definition) is 2. The maximum Gasteiger partial charge on any atom is 0.366 e. The number of hydrogen-bond donors (Lipinski definition) is 2. The first kappa shape index (κ1) is 12.9. The zero-order valence-corrected chi connectivity index (χ0v) is 9.07. The van der Waals surface area contributed by atoms with Crippen molar-refractivity contribution in [3.63, 3.8) is 0 Å². The van der Waals surface area contributed by atoms with Crippen molar-refractivity contribution < 1.29 is 24.3 Å². The summed E-state index contributed by atoms with van der Waals surface area (Å²) < 4.78 is 0.102. The molecule has 5 heteroatoms. The summed E-state index contributed by atoms with van der Waals surface area (Å²) in [6.45, 7) is 1.69. The van der Waals surface area contributed by atoms with E-state index in [2.05, 4.69) is 0 Å². The van der Waals surface area contributed by atoms with Gasteiger partial charge in [0.2, 0.25) is 5.54 Å². The van der Waals surface area contributed by atoms with Crippen molar-refractivity contribution in [1.29, 1.82) is 0 Å². The molecule has 0 radical (unpaired) electrons. The number of carboxylic acid groups (broad SMARTS) is 2. The zero-order valence-electron chi connectivity index (χ0n) is 9.07. The first-order valence-corrected chi connectivity index (χ1v) is 4.44. The van der Waals surface area contributed by atoms with Crippen LogP contribution in [0.5, 0.6) is 0 Å². The fraction of sp³-hybridized carbons (Fsp3) is 0.778. The van der Waals surface area contributed by atoms with Crippen LogP contribution in [-0.4, -0.2) is 53.3 Å². The van der Waals surface area contributed by atoms with Crippen molar-refractivity contribution in [3.05, 3.63) is 0 Å². The van der Waals surface area contributed by atoms with Crippen LogP contribution in [0, 0.1) is 0 Å². The SMILES string of the molecule is CCC(CC(=O)O)(C(=O)O)[N+](C)(C)C. The molecule has 2 N–H and O–H groups in total. The maximum absolute atomic E-state index is 11.2. The Labute approximate surface area is 83.5 Å². The highest BCUT2D eigenvalue weighted by Crippen LogP contribution is 2.27. The molecule has 0 fully saturated rings. The van der Waals surface area contributed by atoms with Crippen molar-refractivity contribution in [2.45, 2.75) is 25.3 Å². The quantitative estimate of drug-likeness (QED) is 0.636. The number of aliphatic carboxylic acids is 2. The molecule has 0 rings (SSSR count). The van der Waals surface area contributed by atoms with E-state index in [9.17, 15) is 9.59 Å². The van der Waals surface area contributed by atoms with Crippen molar-refractivity contribution in [1.82, 2.24) is 0 Å². The smallest absolute Gasteiger partial charge is 0.366 e. The van der Waals surface area contributed by atoms with Crippen LogP contribution in [0.15, 0.2) is 0 Å². The van der Waals surface area contributed by atoms with E-state index in [1.165, 1.54) is 0 Å². The number of carboxylic acids is 2. The van der Waals surface area contributed by atoms with Gasteiger partial charge in [-0.15, -0.1) is 0 Å². The van der Waals surface area contributed by atoms with Crippen LogP contribution in [0.4, 0.5) is 0 Å². The molecule has 0 aromatic heterocycles. The molecule has 82 valence electrons. The monoisotopic (exact) mass is 204 g/mol. The Morgan fingerprint density at radius 2 is 1.64 bits per heavy atom. The Morgan fingerprint density at radius 1 is 1.21 bits per heavy atom. The summed E-state index contributed by atoms with van der Waals surface area (Å²) in [6, 6.07) is 0. The second-order valence-electron chi connectivity index (χ2n) is 4.27. The number of likely N-dealkylation sites (N-methyl/N-ethyl adjacent to an activating group) is 1. The van der Waals surface area contributed by atoms with E-state index in [1.54, 1.807) is 28.1 Å². The average molecular weight is 204 g/mol. The van der Waals surface area contributed by atoms with Crippen molar-refractivity contribution in [2.75, 3.05) is 21.1 Å². The van der Waals surface area contributed by atoms with Gasteiger partial charge in [0.05, 0.1) is 21.1 Å². The summed E-state index contributed by atoms with van der Waals surface area (Å²) in [5, 5.41) is 17.8. The predicted octanol–water partition coefficient (Wildman–Crippen LogP) is 0.401. The van der Waals surface area contributed by atoms with Gasteiger partial charge in [-0.3, -0.25) is 4.79 Å². The minimum Gasteiger partial charge on any atom is -0.481 e. The van der Waals surface area contributed by atoms with Gasteiger partial charge >= 0.3 is 11.9 Å². The molecule has 5 nitrogen and oxygen atoms in total.